The molecule has 220 valence electrons. The molecule has 2 atom stereocenters. The third-order valence-corrected chi connectivity index (χ3v) is 9.38. The van der Waals surface area contributed by atoms with E-state index in [4.69, 9.17) is 4.98 Å². The molecule has 1 saturated carbocycles. The van der Waals surface area contributed by atoms with Crippen molar-refractivity contribution in [2.45, 2.75) is 104 Å². The molecule has 1 aliphatic carbocycles. The molecular formula is C33H49N3O3S. The molecule has 0 aliphatic heterocycles. The summed E-state index contributed by atoms with van der Waals surface area (Å²) in [6.07, 6.45) is 9.57. The van der Waals surface area contributed by atoms with Crippen molar-refractivity contribution in [3.63, 3.8) is 0 Å². The molecule has 0 unspecified atom stereocenters. The first-order chi connectivity index (χ1) is 19.2. The van der Waals surface area contributed by atoms with Gasteiger partial charge in [0.2, 0.25) is 5.91 Å². The van der Waals surface area contributed by atoms with E-state index in [2.05, 4.69) is 49.7 Å². The lowest BCUT2D eigenvalue weighted by Crippen LogP contribution is -2.41. The summed E-state index contributed by atoms with van der Waals surface area (Å²) < 4.78 is 1.12. The van der Waals surface area contributed by atoms with E-state index in [1.165, 1.54) is 37.7 Å². The Bertz CT molecular complexity index is 1150. The van der Waals surface area contributed by atoms with Crippen molar-refractivity contribution in [1.82, 2.24) is 15.2 Å². The molecule has 1 N–H and O–H groups in total. The summed E-state index contributed by atoms with van der Waals surface area (Å²) in [4.78, 5) is 45.8. The number of ketones is 2. The third kappa shape index (κ3) is 9.91. The normalized spacial score (nSPS) is 15.7. The molecule has 1 aromatic heterocycles. The molecule has 1 heterocycles. The molecule has 0 bridgehead atoms. The van der Waals surface area contributed by atoms with Crippen LogP contribution in [0.25, 0.3) is 10.2 Å². The van der Waals surface area contributed by atoms with Crippen molar-refractivity contribution in [2.75, 3.05) is 19.6 Å². The smallest absolute Gasteiger partial charge is 0.224 e. The number of nitrogens with zero attached hydrogens (tertiary/aromatic N) is 2. The molecule has 1 aliphatic rings. The van der Waals surface area contributed by atoms with E-state index in [1.54, 1.807) is 18.3 Å². The van der Waals surface area contributed by atoms with Crippen LogP contribution in [0.15, 0.2) is 30.4 Å². The van der Waals surface area contributed by atoms with E-state index in [9.17, 15) is 14.4 Å². The Balaban J connectivity index is 1.70. The van der Waals surface area contributed by atoms with Crippen molar-refractivity contribution < 1.29 is 14.4 Å². The Morgan fingerprint density at radius 3 is 2.50 bits per heavy atom. The van der Waals surface area contributed by atoms with Gasteiger partial charge in [-0.15, -0.1) is 11.3 Å². The number of fused-ring (bicyclic) bond motifs is 1. The van der Waals surface area contributed by atoms with Crippen LogP contribution >= 0.6 is 11.3 Å². The molecule has 0 radical (unpaired) electrons. The van der Waals surface area contributed by atoms with E-state index < -0.39 is 5.92 Å². The largest absolute Gasteiger partial charge is 0.353 e. The number of likely N-dealkylation sites (N-methyl/N-ethyl adjacent to an activating group) is 1. The van der Waals surface area contributed by atoms with Gasteiger partial charge in [0.1, 0.15) is 5.78 Å². The van der Waals surface area contributed by atoms with Gasteiger partial charge in [0, 0.05) is 37.4 Å². The fraction of sp³-hybridized carbons (Fsp3) is 0.636. The summed E-state index contributed by atoms with van der Waals surface area (Å²) in [7, 11) is 0. The van der Waals surface area contributed by atoms with E-state index in [-0.39, 0.29) is 29.9 Å². The average molecular weight is 568 g/mol. The first kappa shape index (κ1) is 32.1. The van der Waals surface area contributed by atoms with Gasteiger partial charge in [-0.1, -0.05) is 65.5 Å². The van der Waals surface area contributed by atoms with Crippen LogP contribution in [0.4, 0.5) is 0 Å². The van der Waals surface area contributed by atoms with Gasteiger partial charge in [0.05, 0.1) is 21.1 Å². The van der Waals surface area contributed by atoms with Crippen molar-refractivity contribution >= 4 is 39.0 Å². The lowest BCUT2D eigenvalue weighted by Gasteiger charge is -2.28. The molecular weight excluding hydrogens is 518 g/mol. The fourth-order valence-electron chi connectivity index (χ4n) is 5.82. The zero-order valence-corrected chi connectivity index (χ0v) is 25.9. The number of rotatable bonds is 17. The Morgan fingerprint density at radius 1 is 1.12 bits per heavy atom. The monoisotopic (exact) mass is 567 g/mol. The van der Waals surface area contributed by atoms with Gasteiger partial charge >= 0.3 is 0 Å². The minimum atomic E-state index is -0.467. The maximum atomic E-state index is 13.7. The molecule has 7 heteroatoms. The number of carbonyl (C=O) groups excluding carboxylic acids is 3. The van der Waals surface area contributed by atoms with Crippen molar-refractivity contribution in [3.05, 3.63) is 40.9 Å². The Hall–Kier alpha value is -2.38. The topological polar surface area (TPSA) is 79.4 Å². The van der Waals surface area contributed by atoms with Crippen molar-refractivity contribution in [2.24, 2.45) is 11.8 Å². The van der Waals surface area contributed by atoms with Gasteiger partial charge in [0.15, 0.2) is 5.78 Å². The molecule has 3 rings (SSSR count). The summed E-state index contributed by atoms with van der Waals surface area (Å²) in [6, 6.07) is 6.22. The standard InChI is InChI=1S/C33H49N3O3S/c1-6-25-14-16-29-31(20-25)40-32(35-29)21-27(18-24(5)37)33(39)34-28(19-26-12-10-9-11-13-26)15-17-30(38)23(4)22-36(7-2)8-3/h14,16,20,26-28H,4,6-13,15,17-19,21-22H2,1-3,5H3,(H,34,39)/t27-,28+/m0/s1. The minimum absolute atomic E-state index is 0.00115. The van der Waals surface area contributed by atoms with E-state index in [0.717, 1.165) is 41.2 Å². The summed E-state index contributed by atoms with van der Waals surface area (Å²) >= 11 is 1.61. The summed E-state index contributed by atoms with van der Waals surface area (Å²) in [6.45, 7) is 14.3. The SMILES string of the molecule is C=C(CN(CC)CC)C(=O)CC[C@H](CC1CCCCC1)NC(=O)[C@@H](CC(C)=O)Cc1nc2ccc(CC)cc2s1. The second-order valence-electron chi connectivity index (χ2n) is 11.5. The second kappa shape index (κ2) is 16.2. The molecule has 1 fully saturated rings. The summed E-state index contributed by atoms with van der Waals surface area (Å²) in [5.41, 5.74) is 2.85. The number of thiazole rings is 1. The third-order valence-electron chi connectivity index (χ3n) is 8.34. The predicted octanol–water partition coefficient (Wildman–Crippen LogP) is 6.70. The van der Waals surface area contributed by atoms with Crippen LogP contribution < -0.4 is 5.32 Å². The number of benzene rings is 1. The number of Topliss-reactive ketones (excluding diaryl/α,β-unsaturated/α-hetero) is 2. The van der Waals surface area contributed by atoms with Crippen LogP contribution in [0.1, 0.15) is 96.1 Å². The first-order valence-corrected chi connectivity index (χ1v) is 16.1. The maximum absolute atomic E-state index is 13.7. The van der Waals surface area contributed by atoms with Gasteiger partial charge in [-0.05, 0) is 62.9 Å². The van der Waals surface area contributed by atoms with Gasteiger partial charge in [-0.3, -0.25) is 14.5 Å². The van der Waals surface area contributed by atoms with E-state index in [1.807, 2.05) is 6.07 Å². The van der Waals surface area contributed by atoms with Gasteiger partial charge in [0.25, 0.3) is 0 Å². The number of amides is 1. The molecule has 1 amide bonds. The van der Waals surface area contributed by atoms with Crippen LogP contribution in [0, 0.1) is 11.8 Å². The highest BCUT2D eigenvalue weighted by Crippen LogP contribution is 2.30. The fourth-order valence-corrected chi connectivity index (χ4v) is 6.93. The van der Waals surface area contributed by atoms with Gasteiger partial charge in [-0.2, -0.15) is 0 Å². The zero-order chi connectivity index (χ0) is 29.1. The zero-order valence-electron chi connectivity index (χ0n) is 25.1. The summed E-state index contributed by atoms with van der Waals surface area (Å²) in [5.74, 6) is 0.0818. The Labute approximate surface area is 245 Å². The maximum Gasteiger partial charge on any atom is 0.224 e. The Morgan fingerprint density at radius 2 is 1.85 bits per heavy atom. The molecule has 0 spiro atoms. The molecule has 2 aromatic rings. The number of nitrogens with one attached hydrogen (secondary N) is 1. The lowest BCUT2D eigenvalue weighted by molar-refractivity contribution is -0.129. The first-order valence-electron chi connectivity index (χ1n) is 15.3. The molecule has 0 saturated heterocycles. The minimum Gasteiger partial charge on any atom is -0.353 e. The van der Waals surface area contributed by atoms with Crippen LogP contribution in [0.3, 0.4) is 0 Å². The van der Waals surface area contributed by atoms with Crippen LogP contribution in [0.2, 0.25) is 0 Å². The van der Waals surface area contributed by atoms with E-state index in [0.29, 0.717) is 37.3 Å². The number of aromatic nitrogens is 1. The number of carbonyl (C=O) groups is 3. The van der Waals surface area contributed by atoms with E-state index >= 15 is 0 Å². The van der Waals surface area contributed by atoms with Crippen molar-refractivity contribution in [1.29, 1.82) is 0 Å². The molecule has 40 heavy (non-hydrogen) atoms. The molecule has 6 nitrogen and oxygen atoms in total. The van der Waals surface area contributed by atoms with Gasteiger partial charge < -0.3 is 10.1 Å². The number of aryl methyl sites for hydroxylation is 1. The summed E-state index contributed by atoms with van der Waals surface area (Å²) in [5, 5.41) is 4.18. The second-order valence-corrected chi connectivity index (χ2v) is 12.7. The highest BCUT2D eigenvalue weighted by Gasteiger charge is 2.27. The van der Waals surface area contributed by atoms with Crippen LogP contribution in [-0.4, -0.2) is 53.0 Å². The highest BCUT2D eigenvalue weighted by molar-refractivity contribution is 7.18. The van der Waals surface area contributed by atoms with Crippen LogP contribution in [0.5, 0.6) is 0 Å². The highest BCUT2D eigenvalue weighted by atomic mass is 32.1. The van der Waals surface area contributed by atoms with Crippen molar-refractivity contribution in [3.8, 4) is 0 Å². The number of hydrogen-bond acceptors (Lipinski definition) is 6. The quantitative estimate of drug-likeness (QED) is 0.215. The lowest BCUT2D eigenvalue weighted by atomic mass is 9.83. The number of hydrogen-bond donors (Lipinski definition) is 1. The Kier molecular flexibility index (Phi) is 13.0. The molecule has 1 aromatic carbocycles. The van der Waals surface area contributed by atoms with Crippen LogP contribution in [-0.2, 0) is 27.2 Å². The van der Waals surface area contributed by atoms with Gasteiger partial charge in [-0.25, -0.2) is 4.98 Å². The average Bonchev–Trinajstić information content (AvgIpc) is 3.35. The predicted molar refractivity (Wildman–Crippen MR) is 166 cm³/mol.